The van der Waals surface area contributed by atoms with Crippen LogP contribution in [0.1, 0.15) is 0 Å². The predicted octanol–water partition coefficient (Wildman–Crippen LogP) is 4.00. The average Bonchev–Trinajstić information content (AvgIpc) is 2.72. The second-order valence-electron chi connectivity index (χ2n) is 6.34. The summed E-state index contributed by atoms with van der Waals surface area (Å²) in [5.41, 5.74) is 0. The molecule has 0 N–H and O–H groups in total. The van der Waals surface area contributed by atoms with Crippen molar-refractivity contribution < 1.29 is 16.8 Å². The number of nitrogens with zero attached hydrogens (tertiary/aromatic N) is 1. The lowest BCUT2D eigenvalue weighted by Crippen LogP contribution is -2.33. The van der Waals surface area contributed by atoms with Crippen molar-refractivity contribution in [2.45, 2.75) is 9.79 Å². The van der Waals surface area contributed by atoms with Crippen LogP contribution in [0.2, 0.25) is 0 Å². The van der Waals surface area contributed by atoms with Crippen LogP contribution in [0, 0.1) is 0 Å². The van der Waals surface area contributed by atoms with Crippen molar-refractivity contribution in [3.63, 3.8) is 0 Å². The zero-order valence-corrected chi connectivity index (χ0v) is 16.6. The zero-order chi connectivity index (χ0) is 19.9. The standard InChI is InChI=1S/C21H17NO4S2/c1-22(27(23,24)20-14-6-10-16-8-2-4-12-18(16)20)28(25,26)21-15-7-11-17-9-3-5-13-19(17)21/h2-15H,1H3. The fourth-order valence-electron chi connectivity index (χ4n) is 3.25. The van der Waals surface area contributed by atoms with Crippen molar-refractivity contribution in [1.29, 1.82) is 0 Å². The van der Waals surface area contributed by atoms with Gasteiger partial charge in [-0.2, -0.15) is 0 Å². The Morgan fingerprint density at radius 2 is 0.893 bits per heavy atom. The smallest absolute Gasteiger partial charge is 0.206 e. The van der Waals surface area contributed by atoms with Gasteiger partial charge in [0.15, 0.2) is 0 Å². The molecule has 0 radical (unpaired) electrons. The van der Waals surface area contributed by atoms with Crippen LogP contribution in [-0.2, 0) is 20.0 Å². The minimum atomic E-state index is -4.29. The van der Waals surface area contributed by atoms with Gasteiger partial charge in [0, 0.05) is 17.8 Å². The second-order valence-corrected chi connectivity index (χ2v) is 10.5. The lowest BCUT2D eigenvalue weighted by Gasteiger charge is -2.19. The van der Waals surface area contributed by atoms with E-state index < -0.39 is 20.0 Å². The highest BCUT2D eigenvalue weighted by Crippen LogP contribution is 2.31. The zero-order valence-electron chi connectivity index (χ0n) is 15.0. The normalized spacial score (nSPS) is 12.6. The predicted molar refractivity (Wildman–Crippen MR) is 110 cm³/mol. The first-order valence-corrected chi connectivity index (χ1v) is 11.4. The summed E-state index contributed by atoms with van der Waals surface area (Å²) in [5, 5.41) is 2.40. The van der Waals surface area contributed by atoms with Gasteiger partial charge in [-0.1, -0.05) is 76.5 Å². The molecule has 0 aliphatic carbocycles. The summed E-state index contributed by atoms with van der Waals surface area (Å²) < 4.78 is 53.5. The molecule has 0 fully saturated rings. The van der Waals surface area contributed by atoms with Crippen LogP contribution in [-0.4, -0.2) is 27.6 Å². The molecule has 142 valence electrons. The molecule has 0 atom stereocenters. The van der Waals surface area contributed by atoms with E-state index in [1.54, 1.807) is 72.8 Å². The minimum absolute atomic E-state index is 0.0445. The summed E-state index contributed by atoms with van der Waals surface area (Å²) in [5.74, 6) is 0. The van der Waals surface area contributed by atoms with E-state index in [1.807, 2.05) is 0 Å². The SMILES string of the molecule is CN(S(=O)(=O)c1cccc2ccccc12)S(=O)(=O)c1cccc2ccccc12. The van der Waals surface area contributed by atoms with Crippen molar-refractivity contribution in [1.82, 2.24) is 3.71 Å². The van der Waals surface area contributed by atoms with Gasteiger partial charge in [0.1, 0.15) is 0 Å². The van der Waals surface area contributed by atoms with Crippen molar-refractivity contribution in [2.75, 3.05) is 7.05 Å². The van der Waals surface area contributed by atoms with Gasteiger partial charge in [-0.3, -0.25) is 0 Å². The van der Waals surface area contributed by atoms with Gasteiger partial charge in [0.05, 0.1) is 9.79 Å². The van der Waals surface area contributed by atoms with E-state index in [0.29, 0.717) is 14.5 Å². The fraction of sp³-hybridized carbons (Fsp3) is 0.0476. The maximum Gasteiger partial charge on any atom is 0.256 e. The monoisotopic (exact) mass is 411 g/mol. The number of fused-ring (bicyclic) bond motifs is 2. The van der Waals surface area contributed by atoms with E-state index in [9.17, 15) is 16.8 Å². The largest absolute Gasteiger partial charge is 0.256 e. The number of hydrogen-bond acceptors (Lipinski definition) is 4. The lowest BCUT2D eigenvalue weighted by atomic mass is 10.1. The quantitative estimate of drug-likeness (QED) is 0.509. The average molecular weight is 412 g/mol. The summed E-state index contributed by atoms with van der Waals surface area (Å²) in [7, 11) is -7.51. The molecule has 7 heteroatoms. The molecule has 0 aliphatic rings. The maximum absolute atomic E-state index is 13.2. The third kappa shape index (κ3) is 2.88. The molecule has 0 heterocycles. The summed E-state index contributed by atoms with van der Waals surface area (Å²) >= 11 is 0. The molecule has 4 aromatic rings. The van der Waals surface area contributed by atoms with Crippen LogP contribution in [0.5, 0.6) is 0 Å². The Hall–Kier alpha value is -2.74. The molecule has 28 heavy (non-hydrogen) atoms. The Labute approximate surface area is 163 Å². The number of rotatable bonds is 4. The first-order valence-electron chi connectivity index (χ1n) is 8.53. The summed E-state index contributed by atoms with van der Waals surface area (Å²) in [4.78, 5) is -0.0891. The molecule has 4 aromatic carbocycles. The van der Waals surface area contributed by atoms with Crippen molar-refractivity contribution in [3.8, 4) is 0 Å². The summed E-state index contributed by atoms with van der Waals surface area (Å²) in [6.07, 6.45) is 0. The first-order chi connectivity index (χ1) is 13.3. The van der Waals surface area contributed by atoms with E-state index in [-0.39, 0.29) is 9.79 Å². The van der Waals surface area contributed by atoms with Gasteiger partial charge in [-0.15, -0.1) is 0 Å². The topological polar surface area (TPSA) is 71.5 Å². The molecule has 4 rings (SSSR count). The molecular formula is C21H17NO4S2. The third-order valence-electron chi connectivity index (χ3n) is 4.73. The van der Waals surface area contributed by atoms with Gasteiger partial charge >= 0.3 is 0 Å². The van der Waals surface area contributed by atoms with Crippen LogP contribution in [0.25, 0.3) is 21.5 Å². The highest BCUT2D eigenvalue weighted by atomic mass is 32.3. The molecule has 0 aliphatic heterocycles. The van der Waals surface area contributed by atoms with Crippen molar-refractivity contribution >= 4 is 41.6 Å². The number of benzene rings is 4. The Morgan fingerprint density at radius 1 is 0.536 bits per heavy atom. The van der Waals surface area contributed by atoms with Crippen LogP contribution in [0.3, 0.4) is 0 Å². The van der Waals surface area contributed by atoms with Crippen molar-refractivity contribution in [2.24, 2.45) is 0 Å². The van der Waals surface area contributed by atoms with Crippen molar-refractivity contribution in [3.05, 3.63) is 84.9 Å². The highest BCUT2D eigenvalue weighted by Gasteiger charge is 2.34. The van der Waals surface area contributed by atoms with Crippen LogP contribution in [0.15, 0.2) is 94.7 Å². The Balaban J connectivity index is 1.91. The fourth-order valence-corrected chi connectivity index (χ4v) is 6.75. The number of hydrogen-bond donors (Lipinski definition) is 0. The van der Waals surface area contributed by atoms with E-state index in [1.165, 1.54) is 12.1 Å². The Morgan fingerprint density at radius 3 is 1.32 bits per heavy atom. The minimum Gasteiger partial charge on any atom is -0.206 e. The lowest BCUT2D eigenvalue weighted by molar-refractivity contribution is 0.527. The molecule has 0 unspecified atom stereocenters. The molecule has 0 saturated heterocycles. The van der Waals surface area contributed by atoms with Gasteiger partial charge < -0.3 is 0 Å². The molecule has 0 aromatic heterocycles. The maximum atomic E-state index is 13.2. The van der Waals surface area contributed by atoms with Crippen LogP contribution >= 0.6 is 0 Å². The highest BCUT2D eigenvalue weighted by molar-refractivity contribution is 8.04. The molecule has 0 bridgehead atoms. The molecule has 0 amide bonds. The molecule has 0 saturated carbocycles. The van der Waals surface area contributed by atoms with E-state index in [0.717, 1.165) is 17.8 Å². The van der Waals surface area contributed by atoms with Crippen LogP contribution in [0.4, 0.5) is 0 Å². The van der Waals surface area contributed by atoms with E-state index >= 15 is 0 Å². The Kier molecular flexibility index (Phi) is 4.45. The Bertz CT molecular complexity index is 1290. The second kappa shape index (κ2) is 6.70. The van der Waals surface area contributed by atoms with E-state index in [2.05, 4.69) is 0 Å². The third-order valence-corrected chi connectivity index (χ3v) is 9.09. The molecule has 5 nitrogen and oxygen atoms in total. The first kappa shape index (κ1) is 18.6. The molecule has 0 spiro atoms. The van der Waals surface area contributed by atoms with Gasteiger partial charge in [-0.25, -0.2) is 16.8 Å². The number of sulfonamides is 2. The van der Waals surface area contributed by atoms with Gasteiger partial charge in [-0.05, 0) is 22.9 Å². The van der Waals surface area contributed by atoms with Gasteiger partial charge in [0.25, 0.3) is 20.0 Å². The molecular weight excluding hydrogens is 394 g/mol. The summed E-state index contributed by atoms with van der Waals surface area (Å²) in [6.45, 7) is 0. The van der Waals surface area contributed by atoms with Gasteiger partial charge in [0.2, 0.25) is 0 Å². The van der Waals surface area contributed by atoms with E-state index in [4.69, 9.17) is 0 Å². The van der Waals surface area contributed by atoms with Crippen LogP contribution < -0.4 is 0 Å². The summed E-state index contributed by atoms with van der Waals surface area (Å²) in [6, 6.07) is 23.6.